The number of nitrogens with one attached hydrogen (secondary N) is 3. The van der Waals surface area contributed by atoms with Crippen LogP contribution in [0.5, 0.6) is 0 Å². The standard InChI is InChI=1S/C19H23N5O/c25-19(18-8-11-24(23-18)15-4-3-9-20-13-15)21-10-7-14-12-22-17-6-2-1-5-16(14)17/h1-2,5-6,8,11-12,15,20,22H,3-4,7,9-10,13H2,(H,21,25). The van der Waals surface area contributed by atoms with Gasteiger partial charge in [-0.3, -0.25) is 9.48 Å². The lowest BCUT2D eigenvalue weighted by molar-refractivity contribution is 0.0948. The minimum atomic E-state index is -0.109. The highest BCUT2D eigenvalue weighted by atomic mass is 16.1. The van der Waals surface area contributed by atoms with Gasteiger partial charge in [0.15, 0.2) is 0 Å². The first-order valence-corrected chi connectivity index (χ1v) is 8.90. The van der Waals surface area contributed by atoms with Gasteiger partial charge < -0.3 is 15.6 Å². The van der Waals surface area contributed by atoms with Gasteiger partial charge in [-0.15, -0.1) is 0 Å². The van der Waals surface area contributed by atoms with Crippen LogP contribution in [0.4, 0.5) is 0 Å². The molecule has 0 bridgehead atoms. The highest BCUT2D eigenvalue weighted by Gasteiger charge is 2.17. The molecule has 1 saturated heterocycles. The summed E-state index contributed by atoms with van der Waals surface area (Å²) >= 11 is 0. The van der Waals surface area contributed by atoms with E-state index in [0.29, 0.717) is 18.3 Å². The smallest absolute Gasteiger partial charge is 0.271 e. The molecule has 1 aromatic carbocycles. The molecule has 0 saturated carbocycles. The Labute approximate surface area is 146 Å². The highest BCUT2D eigenvalue weighted by Crippen LogP contribution is 2.18. The molecule has 1 atom stereocenters. The number of piperidine rings is 1. The number of aromatic nitrogens is 3. The van der Waals surface area contributed by atoms with Crippen molar-refractivity contribution in [3.63, 3.8) is 0 Å². The predicted molar refractivity (Wildman–Crippen MR) is 97.7 cm³/mol. The van der Waals surface area contributed by atoms with Crippen molar-refractivity contribution in [2.75, 3.05) is 19.6 Å². The van der Waals surface area contributed by atoms with Crippen molar-refractivity contribution in [3.05, 3.63) is 54.0 Å². The van der Waals surface area contributed by atoms with E-state index in [2.05, 4.69) is 32.8 Å². The van der Waals surface area contributed by atoms with Crippen LogP contribution >= 0.6 is 0 Å². The molecule has 1 unspecified atom stereocenters. The lowest BCUT2D eigenvalue weighted by atomic mass is 10.1. The van der Waals surface area contributed by atoms with E-state index in [1.807, 2.05) is 29.2 Å². The number of nitrogens with zero attached hydrogens (tertiary/aromatic N) is 2. The van der Waals surface area contributed by atoms with E-state index in [1.165, 1.54) is 10.9 Å². The molecule has 0 aliphatic carbocycles. The van der Waals surface area contributed by atoms with E-state index in [1.54, 1.807) is 6.07 Å². The molecule has 0 radical (unpaired) electrons. The molecule has 6 heteroatoms. The van der Waals surface area contributed by atoms with E-state index in [-0.39, 0.29) is 5.91 Å². The van der Waals surface area contributed by atoms with Crippen molar-refractivity contribution in [2.24, 2.45) is 0 Å². The summed E-state index contributed by atoms with van der Waals surface area (Å²) in [6.07, 6.45) is 6.98. The summed E-state index contributed by atoms with van der Waals surface area (Å²) in [5.74, 6) is -0.109. The van der Waals surface area contributed by atoms with Gasteiger partial charge in [0.05, 0.1) is 6.04 Å². The van der Waals surface area contributed by atoms with Crippen LogP contribution in [-0.4, -0.2) is 40.3 Å². The molecule has 25 heavy (non-hydrogen) atoms. The summed E-state index contributed by atoms with van der Waals surface area (Å²) in [5, 5.41) is 12.0. The molecule has 1 aliphatic heterocycles. The van der Waals surface area contributed by atoms with Crippen molar-refractivity contribution in [1.82, 2.24) is 25.4 Å². The molecule has 3 N–H and O–H groups in total. The van der Waals surface area contributed by atoms with Gasteiger partial charge in [-0.05, 0) is 43.5 Å². The lowest BCUT2D eigenvalue weighted by Gasteiger charge is -2.22. The molecule has 1 aliphatic rings. The number of para-hydroxylation sites is 1. The van der Waals surface area contributed by atoms with Gasteiger partial charge in [0.1, 0.15) is 5.69 Å². The molecule has 1 amide bonds. The zero-order valence-corrected chi connectivity index (χ0v) is 14.2. The van der Waals surface area contributed by atoms with Gasteiger partial charge >= 0.3 is 0 Å². The van der Waals surface area contributed by atoms with Gasteiger partial charge in [0, 0.05) is 36.4 Å². The highest BCUT2D eigenvalue weighted by molar-refractivity contribution is 5.92. The topological polar surface area (TPSA) is 74.7 Å². The monoisotopic (exact) mass is 337 g/mol. The Morgan fingerprint density at radius 1 is 1.32 bits per heavy atom. The minimum absolute atomic E-state index is 0.109. The first-order valence-electron chi connectivity index (χ1n) is 8.90. The van der Waals surface area contributed by atoms with Gasteiger partial charge in [-0.25, -0.2) is 0 Å². The molecule has 3 aromatic rings. The number of H-pyrrole nitrogens is 1. The fourth-order valence-corrected chi connectivity index (χ4v) is 3.46. The quantitative estimate of drug-likeness (QED) is 0.668. The number of aromatic amines is 1. The van der Waals surface area contributed by atoms with Crippen molar-refractivity contribution in [2.45, 2.75) is 25.3 Å². The van der Waals surface area contributed by atoms with Crippen LogP contribution in [-0.2, 0) is 6.42 Å². The Balaban J connectivity index is 1.34. The van der Waals surface area contributed by atoms with Crippen LogP contribution in [0.25, 0.3) is 10.9 Å². The van der Waals surface area contributed by atoms with E-state index < -0.39 is 0 Å². The van der Waals surface area contributed by atoms with Crippen LogP contribution in [0.2, 0.25) is 0 Å². The normalized spacial score (nSPS) is 17.7. The summed E-state index contributed by atoms with van der Waals surface area (Å²) in [4.78, 5) is 15.6. The average Bonchev–Trinajstić information content (AvgIpc) is 3.30. The maximum Gasteiger partial charge on any atom is 0.271 e. The van der Waals surface area contributed by atoms with Gasteiger partial charge in [-0.2, -0.15) is 5.10 Å². The van der Waals surface area contributed by atoms with Crippen molar-refractivity contribution in [3.8, 4) is 0 Å². The van der Waals surface area contributed by atoms with E-state index in [4.69, 9.17) is 0 Å². The summed E-state index contributed by atoms with van der Waals surface area (Å²) < 4.78 is 1.92. The van der Waals surface area contributed by atoms with E-state index in [0.717, 1.165) is 37.9 Å². The number of carbonyl (C=O) groups is 1. The van der Waals surface area contributed by atoms with Crippen LogP contribution in [0.1, 0.15) is 34.9 Å². The third-order valence-corrected chi connectivity index (χ3v) is 4.84. The Bertz CT molecular complexity index is 859. The maximum absolute atomic E-state index is 12.3. The number of carbonyl (C=O) groups excluding carboxylic acids is 1. The number of rotatable bonds is 5. The summed E-state index contributed by atoms with van der Waals surface area (Å²) in [6, 6.07) is 10.4. The largest absolute Gasteiger partial charge is 0.361 e. The third-order valence-electron chi connectivity index (χ3n) is 4.84. The van der Waals surface area contributed by atoms with Gasteiger partial charge in [0.25, 0.3) is 5.91 Å². The fraction of sp³-hybridized carbons (Fsp3) is 0.368. The zero-order chi connectivity index (χ0) is 17.1. The maximum atomic E-state index is 12.3. The molecule has 6 nitrogen and oxygen atoms in total. The Kier molecular flexibility index (Phi) is 4.52. The molecule has 4 rings (SSSR count). The Morgan fingerprint density at radius 3 is 3.12 bits per heavy atom. The lowest BCUT2D eigenvalue weighted by Crippen LogP contribution is -2.32. The first kappa shape index (κ1) is 15.9. The second-order valence-corrected chi connectivity index (χ2v) is 6.55. The molecular formula is C19H23N5O. The summed E-state index contributed by atoms with van der Waals surface area (Å²) in [5.41, 5.74) is 2.84. The Morgan fingerprint density at radius 2 is 2.24 bits per heavy atom. The third kappa shape index (κ3) is 3.44. The van der Waals surface area contributed by atoms with Crippen LogP contribution in [0, 0.1) is 0 Å². The second-order valence-electron chi connectivity index (χ2n) is 6.55. The van der Waals surface area contributed by atoms with Crippen LogP contribution in [0.15, 0.2) is 42.7 Å². The number of benzene rings is 1. The second kappa shape index (κ2) is 7.11. The van der Waals surface area contributed by atoms with E-state index >= 15 is 0 Å². The number of fused-ring (bicyclic) bond motifs is 1. The van der Waals surface area contributed by atoms with E-state index in [9.17, 15) is 4.79 Å². The molecule has 130 valence electrons. The predicted octanol–water partition coefficient (Wildman–Crippen LogP) is 2.26. The van der Waals surface area contributed by atoms with Crippen LogP contribution in [0.3, 0.4) is 0 Å². The zero-order valence-electron chi connectivity index (χ0n) is 14.2. The Hall–Kier alpha value is -2.60. The fourth-order valence-electron chi connectivity index (χ4n) is 3.46. The number of hydrogen-bond donors (Lipinski definition) is 3. The average molecular weight is 337 g/mol. The first-order chi connectivity index (χ1) is 12.3. The molecule has 1 fully saturated rings. The van der Waals surface area contributed by atoms with Crippen molar-refractivity contribution < 1.29 is 4.79 Å². The SMILES string of the molecule is O=C(NCCc1c[nH]c2ccccc12)c1ccn(C2CCCNC2)n1. The summed E-state index contributed by atoms with van der Waals surface area (Å²) in [6.45, 7) is 2.58. The molecule has 3 heterocycles. The van der Waals surface area contributed by atoms with Crippen LogP contribution < -0.4 is 10.6 Å². The molecular weight excluding hydrogens is 314 g/mol. The van der Waals surface area contributed by atoms with Gasteiger partial charge in [-0.1, -0.05) is 18.2 Å². The molecule has 0 spiro atoms. The molecule has 2 aromatic heterocycles. The number of hydrogen-bond acceptors (Lipinski definition) is 3. The van der Waals surface area contributed by atoms with Gasteiger partial charge in [0.2, 0.25) is 0 Å². The minimum Gasteiger partial charge on any atom is -0.361 e. The van der Waals surface area contributed by atoms with Crippen molar-refractivity contribution >= 4 is 16.8 Å². The van der Waals surface area contributed by atoms with Crippen molar-refractivity contribution in [1.29, 1.82) is 0 Å². The number of amides is 1. The summed E-state index contributed by atoms with van der Waals surface area (Å²) in [7, 11) is 0.